The molecule has 1 N–H and O–H groups in total. The zero-order valence-electron chi connectivity index (χ0n) is 19.4. The first-order valence-electron chi connectivity index (χ1n) is 10.8. The van der Waals surface area contributed by atoms with E-state index < -0.39 is 28.1 Å². The molecule has 0 aromatic heterocycles. The van der Waals surface area contributed by atoms with Crippen LogP contribution in [0.5, 0.6) is 17.2 Å². The topological polar surface area (TPSA) is 94.2 Å². The third-order valence-corrected chi connectivity index (χ3v) is 7.71. The molecule has 2 atom stereocenters. The zero-order chi connectivity index (χ0) is 25.2. The molecule has 1 heterocycles. The Bertz CT molecular complexity index is 1330. The van der Waals surface area contributed by atoms with Crippen LogP contribution in [0.2, 0.25) is 5.02 Å². The van der Waals surface area contributed by atoms with E-state index in [1.54, 1.807) is 69.7 Å². The van der Waals surface area contributed by atoms with Gasteiger partial charge in [-0.2, -0.15) is 0 Å². The summed E-state index contributed by atoms with van der Waals surface area (Å²) < 4.78 is 44.8. The molecular formula is C25H25ClN2O6S. The van der Waals surface area contributed by atoms with E-state index in [1.165, 1.54) is 18.2 Å². The van der Waals surface area contributed by atoms with Gasteiger partial charge in [0.2, 0.25) is 0 Å². The number of benzene rings is 3. The third kappa shape index (κ3) is 5.01. The van der Waals surface area contributed by atoms with Crippen LogP contribution in [0.3, 0.4) is 0 Å². The van der Waals surface area contributed by atoms with Crippen LogP contribution in [0, 0.1) is 0 Å². The van der Waals surface area contributed by atoms with Gasteiger partial charge in [0.15, 0.2) is 6.10 Å². The predicted octanol–water partition coefficient (Wildman–Crippen LogP) is 4.19. The molecule has 0 bridgehead atoms. The standard InChI is InChI=1S/C25H25ClN2O6S/c1-16(20-14-18(32-2)10-12-22(20)33-3)27-25(29)24-15-28(21-13-17(26)9-11-23(21)34-24)35(30,31)19-7-5-4-6-8-19/h4-14,16,24H,15H2,1-3H3,(H,27,29)/t16-,24-/m1/s1. The highest BCUT2D eigenvalue weighted by molar-refractivity contribution is 7.92. The number of rotatable bonds is 7. The number of amides is 1. The first-order chi connectivity index (χ1) is 16.7. The normalized spacial score (nSPS) is 16.0. The molecule has 8 nitrogen and oxygen atoms in total. The Hall–Kier alpha value is -3.43. The number of hydrogen-bond acceptors (Lipinski definition) is 6. The minimum atomic E-state index is -3.98. The number of carbonyl (C=O) groups is 1. The zero-order valence-corrected chi connectivity index (χ0v) is 21.0. The summed E-state index contributed by atoms with van der Waals surface area (Å²) in [5.74, 6) is 0.960. The van der Waals surface area contributed by atoms with Crippen molar-refractivity contribution in [3.05, 3.63) is 77.3 Å². The summed E-state index contributed by atoms with van der Waals surface area (Å²) in [6.07, 6.45) is -1.10. The molecule has 0 fully saturated rings. The maximum Gasteiger partial charge on any atom is 0.264 e. The maximum atomic E-state index is 13.5. The van der Waals surface area contributed by atoms with Crippen molar-refractivity contribution in [3.8, 4) is 17.2 Å². The molecule has 3 aromatic rings. The van der Waals surface area contributed by atoms with Crippen molar-refractivity contribution in [1.82, 2.24) is 5.32 Å². The van der Waals surface area contributed by atoms with Crippen LogP contribution in [0.4, 0.5) is 5.69 Å². The number of fused-ring (bicyclic) bond motifs is 1. The number of sulfonamides is 1. The largest absolute Gasteiger partial charge is 0.497 e. The Morgan fingerprint density at radius 3 is 2.51 bits per heavy atom. The fourth-order valence-electron chi connectivity index (χ4n) is 3.87. The van der Waals surface area contributed by atoms with E-state index in [-0.39, 0.29) is 22.9 Å². The molecular weight excluding hydrogens is 492 g/mol. The van der Waals surface area contributed by atoms with E-state index in [4.69, 9.17) is 25.8 Å². The monoisotopic (exact) mass is 516 g/mol. The Balaban J connectivity index is 1.64. The van der Waals surface area contributed by atoms with Gasteiger partial charge in [-0.3, -0.25) is 9.10 Å². The van der Waals surface area contributed by atoms with Crippen molar-refractivity contribution >= 4 is 33.2 Å². The summed E-state index contributed by atoms with van der Waals surface area (Å²) in [6.45, 7) is 1.57. The lowest BCUT2D eigenvalue weighted by atomic mass is 10.1. The Morgan fingerprint density at radius 1 is 1.09 bits per heavy atom. The third-order valence-electron chi connectivity index (χ3n) is 5.68. The average Bonchev–Trinajstić information content (AvgIpc) is 2.87. The summed E-state index contributed by atoms with van der Waals surface area (Å²) in [6, 6.07) is 17.5. The average molecular weight is 517 g/mol. The summed E-state index contributed by atoms with van der Waals surface area (Å²) in [4.78, 5) is 13.4. The maximum absolute atomic E-state index is 13.5. The van der Waals surface area contributed by atoms with Crippen LogP contribution in [-0.2, 0) is 14.8 Å². The van der Waals surface area contributed by atoms with Gasteiger partial charge in [-0.15, -0.1) is 0 Å². The predicted molar refractivity (Wildman–Crippen MR) is 133 cm³/mol. The molecule has 184 valence electrons. The quantitative estimate of drug-likeness (QED) is 0.506. The van der Waals surface area contributed by atoms with Crippen molar-refractivity contribution in [1.29, 1.82) is 0 Å². The van der Waals surface area contributed by atoms with Gasteiger partial charge in [-0.1, -0.05) is 29.8 Å². The van der Waals surface area contributed by atoms with Gasteiger partial charge in [-0.05, 0) is 55.5 Å². The van der Waals surface area contributed by atoms with E-state index in [1.807, 2.05) is 0 Å². The van der Waals surface area contributed by atoms with Gasteiger partial charge in [-0.25, -0.2) is 8.42 Å². The first-order valence-corrected chi connectivity index (χ1v) is 12.6. The molecule has 0 spiro atoms. The number of anilines is 1. The molecule has 0 saturated carbocycles. The van der Waals surface area contributed by atoms with Crippen molar-refractivity contribution in [2.75, 3.05) is 25.1 Å². The SMILES string of the molecule is COc1ccc(OC)c([C@@H](C)NC(=O)[C@H]2CN(S(=O)(=O)c3ccccc3)c3cc(Cl)ccc3O2)c1. The Kier molecular flexibility index (Phi) is 7.09. The molecule has 0 unspecified atom stereocenters. The van der Waals surface area contributed by atoms with E-state index in [9.17, 15) is 13.2 Å². The number of halogens is 1. The number of nitrogens with zero attached hydrogens (tertiary/aromatic N) is 1. The number of hydrogen-bond donors (Lipinski definition) is 1. The molecule has 0 radical (unpaired) electrons. The summed E-state index contributed by atoms with van der Waals surface area (Å²) in [5.41, 5.74) is 0.977. The van der Waals surface area contributed by atoms with Gasteiger partial charge in [0, 0.05) is 10.6 Å². The summed E-state index contributed by atoms with van der Waals surface area (Å²) >= 11 is 6.15. The molecule has 4 rings (SSSR count). The van der Waals surface area contributed by atoms with Crippen molar-refractivity contribution in [2.24, 2.45) is 0 Å². The van der Waals surface area contributed by atoms with Crippen LogP contribution in [0.15, 0.2) is 71.6 Å². The van der Waals surface area contributed by atoms with Crippen molar-refractivity contribution < 1.29 is 27.4 Å². The number of methoxy groups -OCH3 is 2. The minimum Gasteiger partial charge on any atom is -0.497 e. The lowest BCUT2D eigenvalue weighted by molar-refractivity contribution is -0.128. The lowest BCUT2D eigenvalue weighted by Crippen LogP contribution is -2.51. The van der Waals surface area contributed by atoms with Gasteiger partial charge >= 0.3 is 0 Å². The molecule has 10 heteroatoms. The molecule has 1 aliphatic rings. The van der Waals surface area contributed by atoms with Crippen LogP contribution in [-0.4, -0.2) is 41.2 Å². The van der Waals surface area contributed by atoms with Crippen LogP contribution >= 0.6 is 11.6 Å². The number of ether oxygens (including phenoxy) is 3. The lowest BCUT2D eigenvalue weighted by Gasteiger charge is -2.35. The van der Waals surface area contributed by atoms with Crippen molar-refractivity contribution in [3.63, 3.8) is 0 Å². The molecule has 0 saturated heterocycles. The van der Waals surface area contributed by atoms with Crippen molar-refractivity contribution in [2.45, 2.75) is 24.0 Å². The molecule has 3 aromatic carbocycles. The molecule has 0 aliphatic carbocycles. The summed E-state index contributed by atoms with van der Waals surface area (Å²) in [7, 11) is -0.889. The van der Waals surface area contributed by atoms with Gasteiger partial charge in [0.1, 0.15) is 17.2 Å². The van der Waals surface area contributed by atoms with Gasteiger partial charge in [0.25, 0.3) is 15.9 Å². The van der Waals surface area contributed by atoms with E-state index >= 15 is 0 Å². The highest BCUT2D eigenvalue weighted by Gasteiger charge is 2.38. The highest BCUT2D eigenvalue weighted by atomic mass is 35.5. The Labute approximate surface area is 209 Å². The number of nitrogens with one attached hydrogen (secondary N) is 1. The van der Waals surface area contributed by atoms with E-state index in [0.717, 1.165) is 4.31 Å². The molecule has 35 heavy (non-hydrogen) atoms. The van der Waals surface area contributed by atoms with Gasteiger partial charge < -0.3 is 19.5 Å². The van der Waals surface area contributed by atoms with Crippen LogP contribution in [0.1, 0.15) is 18.5 Å². The van der Waals surface area contributed by atoms with E-state index in [0.29, 0.717) is 22.1 Å². The second kappa shape index (κ2) is 10.1. The smallest absolute Gasteiger partial charge is 0.264 e. The van der Waals surface area contributed by atoms with E-state index in [2.05, 4.69) is 5.32 Å². The second-order valence-electron chi connectivity index (χ2n) is 7.91. The highest BCUT2D eigenvalue weighted by Crippen LogP contribution is 2.39. The number of carbonyl (C=O) groups excluding carboxylic acids is 1. The molecule has 1 amide bonds. The fourth-order valence-corrected chi connectivity index (χ4v) is 5.53. The molecule has 1 aliphatic heterocycles. The summed E-state index contributed by atoms with van der Waals surface area (Å²) in [5, 5.41) is 3.25. The second-order valence-corrected chi connectivity index (χ2v) is 10.2. The first kappa shape index (κ1) is 24.7. The van der Waals surface area contributed by atoms with Gasteiger partial charge in [0.05, 0.1) is 37.4 Å². The van der Waals surface area contributed by atoms with Crippen LogP contribution < -0.4 is 23.8 Å². The fraction of sp³-hybridized carbons (Fsp3) is 0.240. The van der Waals surface area contributed by atoms with Crippen LogP contribution in [0.25, 0.3) is 0 Å². The Morgan fingerprint density at radius 2 is 1.83 bits per heavy atom. The minimum absolute atomic E-state index is 0.0986.